The van der Waals surface area contributed by atoms with E-state index in [4.69, 9.17) is 0 Å². The van der Waals surface area contributed by atoms with Crippen LogP contribution in [0.2, 0.25) is 0 Å². The average Bonchev–Trinajstić information content (AvgIpc) is 3.15. The van der Waals surface area contributed by atoms with Crippen LogP contribution in [0.1, 0.15) is 49.4 Å². The highest BCUT2D eigenvalue weighted by atomic mass is 16.2. The Hall–Kier alpha value is -2.37. The molecular weight excluding hydrogens is 330 g/mol. The zero-order valence-electron chi connectivity index (χ0n) is 15.2. The first-order valence-corrected chi connectivity index (χ1v) is 9.61. The summed E-state index contributed by atoms with van der Waals surface area (Å²) in [6, 6.07) is 6.12. The maximum absolute atomic E-state index is 13.3. The number of likely N-dealkylation sites (tertiary alicyclic amines) is 1. The Kier molecular flexibility index (Phi) is 4.42. The van der Waals surface area contributed by atoms with Crippen molar-refractivity contribution in [2.45, 2.75) is 51.1 Å². The standard InChI is InChI=1S/C20H25N3O3/c1-14(18(24)21-11-5-2-6-12-21)23-16-9-4-3-8-15(16)19(25)22-13-7-10-17(22)20(23)26/h3-4,8-9,14,17H,2,5-7,10-13H2,1H3/t14-,17+/m1/s1. The molecule has 2 fully saturated rings. The zero-order chi connectivity index (χ0) is 18.3. The molecule has 4 rings (SSSR count). The van der Waals surface area contributed by atoms with Gasteiger partial charge in [-0.1, -0.05) is 12.1 Å². The summed E-state index contributed by atoms with van der Waals surface area (Å²) in [6.07, 6.45) is 4.66. The third-order valence-electron chi connectivity index (χ3n) is 5.84. The summed E-state index contributed by atoms with van der Waals surface area (Å²) in [6.45, 7) is 3.90. The predicted octanol–water partition coefficient (Wildman–Crippen LogP) is 2.04. The molecule has 0 saturated carbocycles. The third kappa shape index (κ3) is 2.68. The number of carbonyl (C=O) groups is 3. The summed E-state index contributed by atoms with van der Waals surface area (Å²) in [5, 5.41) is 0. The monoisotopic (exact) mass is 355 g/mol. The molecule has 6 heteroatoms. The molecule has 3 aliphatic rings. The van der Waals surface area contributed by atoms with Crippen LogP contribution in [-0.4, -0.2) is 59.2 Å². The highest BCUT2D eigenvalue weighted by Gasteiger charge is 2.44. The van der Waals surface area contributed by atoms with Crippen molar-refractivity contribution in [3.05, 3.63) is 29.8 Å². The van der Waals surface area contributed by atoms with Gasteiger partial charge in [0.2, 0.25) is 5.91 Å². The Morgan fingerprint density at radius 2 is 1.77 bits per heavy atom. The normalized spacial score (nSPS) is 24.2. The van der Waals surface area contributed by atoms with Crippen LogP contribution in [-0.2, 0) is 9.59 Å². The molecule has 3 heterocycles. The van der Waals surface area contributed by atoms with Gasteiger partial charge < -0.3 is 9.80 Å². The number of para-hydroxylation sites is 1. The number of hydrogen-bond acceptors (Lipinski definition) is 3. The van der Waals surface area contributed by atoms with Crippen molar-refractivity contribution in [1.82, 2.24) is 9.80 Å². The summed E-state index contributed by atoms with van der Waals surface area (Å²) in [5.74, 6) is -0.248. The lowest BCUT2D eigenvalue weighted by Crippen LogP contribution is -2.54. The van der Waals surface area contributed by atoms with Gasteiger partial charge in [-0.15, -0.1) is 0 Å². The van der Waals surface area contributed by atoms with Crippen molar-refractivity contribution in [2.75, 3.05) is 24.5 Å². The molecule has 1 aromatic rings. The molecule has 0 bridgehead atoms. The van der Waals surface area contributed by atoms with Crippen LogP contribution in [0.4, 0.5) is 5.69 Å². The van der Waals surface area contributed by atoms with E-state index >= 15 is 0 Å². The Bertz CT molecular complexity index is 742. The number of anilines is 1. The second-order valence-corrected chi connectivity index (χ2v) is 7.44. The van der Waals surface area contributed by atoms with E-state index in [1.54, 1.807) is 28.9 Å². The van der Waals surface area contributed by atoms with Gasteiger partial charge in [0.25, 0.3) is 11.8 Å². The first-order chi connectivity index (χ1) is 12.6. The zero-order valence-corrected chi connectivity index (χ0v) is 15.2. The maximum Gasteiger partial charge on any atom is 0.256 e. The molecule has 6 nitrogen and oxygen atoms in total. The van der Waals surface area contributed by atoms with Crippen LogP contribution >= 0.6 is 0 Å². The quantitative estimate of drug-likeness (QED) is 0.816. The fourth-order valence-corrected chi connectivity index (χ4v) is 4.45. The highest BCUT2D eigenvalue weighted by molar-refractivity contribution is 6.13. The Balaban J connectivity index is 1.73. The van der Waals surface area contributed by atoms with Crippen molar-refractivity contribution in [2.24, 2.45) is 0 Å². The summed E-state index contributed by atoms with van der Waals surface area (Å²) >= 11 is 0. The maximum atomic E-state index is 13.3. The van der Waals surface area contributed by atoms with Gasteiger partial charge in [-0.05, 0) is 51.2 Å². The first kappa shape index (κ1) is 17.1. The molecule has 0 spiro atoms. The van der Waals surface area contributed by atoms with Gasteiger partial charge in [0.1, 0.15) is 12.1 Å². The topological polar surface area (TPSA) is 60.9 Å². The predicted molar refractivity (Wildman–Crippen MR) is 97.9 cm³/mol. The van der Waals surface area contributed by atoms with Crippen LogP contribution < -0.4 is 4.90 Å². The number of carbonyl (C=O) groups excluding carboxylic acids is 3. The molecule has 26 heavy (non-hydrogen) atoms. The Morgan fingerprint density at radius 1 is 1.04 bits per heavy atom. The fraction of sp³-hybridized carbons (Fsp3) is 0.550. The summed E-state index contributed by atoms with van der Waals surface area (Å²) < 4.78 is 0. The molecule has 3 aliphatic heterocycles. The lowest BCUT2D eigenvalue weighted by molar-refractivity contribution is -0.135. The van der Waals surface area contributed by atoms with Gasteiger partial charge in [-0.25, -0.2) is 0 Å². The van der Waals surface area contributed by atoms with Gasteiger partial charge in [0.15, 0.2) is 0 Å². The second-order valence-electron chi connectivity index (χ2n) is 7.44. The van der Waals surface area contributed by atoms with E-state index in [2.05, 4.69) is 0 Å². The molecule has 0 aliphatic carbocycles. The number of benzene rings is 1. The molecule has 2 atom stereocenters. The van der Waals surface area contributed by atoms with Gasteiger partial charge in [-0.3, -0.25) is 19.3 Å². The van der Waals surface area contributed by atoms with Crippen molar-refractivity contribution >= 4 is 23.4 Å². The van der Waals surface area contributed by atoms with Gasteiger partial charge in [0.05, 0.1) is 11.3 Å². The number of amides is 3. The van der Waals surface area contributed by atoms with Gasteiger partial charge in [0, 0.05) is 19.6 Å². The summed E-state index contributed by atoms with van der Waals surface area (Å²) in [4.78, 5) is 44.5. The Labute approximate surface area is 153 Å². The summed E-state index contributed by atoms with van der Waals surface area (Å²) in [5.41, 5.74) is 1.08. The van der Waals surface area contributed by atoms with Crippen LogP contribution in [0, 0.1) is 0 Å². The molecule has 2 saturated heterocycles. The van der Waals surface area contributed by atoms with E-state index in [1.165, 1.54) is 0 Å². The molecule has 138 valence electrons. The molecular formula is C20H25N3O3. The first-order valence-electron chi connectivity index (χ1n) is 9.61. The SMILES string of the molecule is C[C@H](C(=O)N1CCCCC1)N1C(=O)[C@@H]2CCCN2C(=O)c2ccccc21. The van der Waals surface area contributed by atoms with Crippen molar-refractivity contribution in [3.63, 3.8) is 0 Å². The van der Waals surface area contributed by atoms with E-state index in [9.17, 15) is 14.4 Å². The van der Waals surface area contributed by atoms with E-state index < -0.39 is 12.1 Å². The highest BCUT2D eigenvalue weighted by Crippen LogP contribution is 2.34. The lowest BCUT2D eigenvalue weighted by atomic mass is 10.1. The molecule has 1 aromatic carbocycles. The smallest absolute Gasteiger partial charge is 0.256 e. The van der Waals surface area contributed by atoms with Gasteiger partial charge in [-0.2, -0.15) is 0 Å². The molecule has 0 aromatic heterocycles. The molecule has 0 radical (unpaired) electrons. The van der Waals surface area contributed by atoms with Crippen LogP contribution in [0.15, 0.2) is 24.3 Å². The number of hydrogen-bond donors (Lipinski definition) is 0. The minimum atomic E-state index is -0.602. The average molecular weight is 355 g/mol. The number of rotatable bonds is 2. The number of nitrogens with zero attached hydrogens (tertiary/aromatic N) is 3. The molecule has 0 unspecified atom stereocenters. The summed E-state index contributed by atoms with van der Waals surface area (Å²) in [7, 11) is 0. The number of piperidine rings is 1. The van der Waals surface area contributed by atoms with Crippen LogP contribution in [0.25, 0.3) is 0 Å². The van der Waals surface area contributed by atoms with E-state index in [0.29, 0.717) is 24.2 Å². The lowest BCUT2D eigenvalue weighted by Gasteiger charge is -2.35. The van der Waals surface area contributed by atoms with E-state index in [-0.39, 0.29) is 17.7 Å². The van der Waals surface area contributed by atoms with Crippen molar-refractivity contribution < 1.29 is 14.4 Å². The number of fused-ring (bicyclic) bond motifs is 2. The molecule has 0 N–H and O–H groups in total. The fourth-order valence-electron chi connectivity index (χ4n) is 4.45. The molecule has 3 amide bonds. The van der Waals surface area contributed by atoms with E-state index in [1.807, 2.05) is 17.0 Å². The third-order valence-corrected chi connectivity index (χ3v) is 5.84. The van der Waals surface area contributed by atoms with Crippen LogP contribution in [0.3, 0.4) is 0 Å². The van der Waals surface area contributed by atoms with Gasteiger partial charge >= 0.3 is 0 Å². The minimum absolute atomic E-state index is 0.0215. The van der Waals surface area contributed by atoms with E-state index in [0.717, 1.165) is 38.8 Å². The van der Waals surface area contributed by atoms with Crippen LogP contribution in [0.5, 0.6) is 0 Å². The van der Waals surface area contributed by atoms with Crippen molar-refractivity contribution in [1.29, 1.82) is 0 Å². The minimum Gasteiger partial charge on any atom is -0.341 e. The second kappa shape index (κ2) is 6.74. The largest absolute Gasteiger partial charge is 0.341 e. The Morgan fingerprint density at radius 3 is 2.54 bits per heavy atom. The van der Waals surface area contributed by atoms with Crippen molar-refractivity contribution in [3.8, 4) is 0 Å².